The number of phosphoric ester groups is 2. The second-order valence-corrected chi connectivity index (χ2v) is 13.2. The van der Waals surface area contributed by atoms with Gasteiger partial charge in [-0.25, -0.2) is 9.13 Å². The van der Waals surface area contributed by atoms with Gasteiger partial charge >= 0.3 is 15.6 Å². The van der Waals surface area contributed by atoms with Crippen molar-refractivity contribution >= 4 is 26.5 Å². The van der Waals surface area contributed by atoms with Crippen molar-refractivity contribution in [2.24, 2.45) is 0 Å². The molecular formula is C27H41N2O7P2+. The Morgan fingerprint density at radius 1 is 0.921 bits per heavy atom. The van der Waals surface area contributed by atoms with Gasteiger partial charge in [0.1, 0.15) is 12.3 Å². The van der Waals surface area contributed by atoms with Gasteiger partial charge in [0.05, 0.1) is 33.9 Å². The van der Waals surface area contributed by atoms with Crippen LogP contribution in [0, 0.1) is 0 Å². The van der Waals surface area contributed by atoms with Crippen LogP contribution in [0.4, 0.5) is 0 Å². The van der Waals surface area contributed by atoms with Gasteiger partial charge in [-0.3, -0.25) is 13.9 Å². The molecular weight excluding hydrogens is 526 g/mol. The molecule has 2 N–H and O–H groups in total. The van der Waals surface area contributed by atoms with Crippen LogP contribution in [0.2, 0.25) is 0 Å². The lowest BCUT2D eigenvalue weighted by molar-refractivity contribution is -0.903. The highest BCUT2D eigenvalue weighted by molar-refractivity contribution is 7.61. The Hall–Kier alpha value is -1.96. The minimum absolute atomic E-state index is 0.0778. The Kier molecular flexibility index (Phi) is 11.2. The number of hydrogen-bond acceptors (Lipinski definition) is 6. The summed E-state index contributed by atoms with van der Waals surface area (Å²) >= 11 is 0. The molecule has 11 heteroatoms. The zero-order valence-corrected chi connectivity index (χ0v) is 24.6. The summed E-state index contributed by atoms with van der Waals surface area (Å²) in [5, 5.41) is 0.679. The Balaban J connectivity index is 1.76. The number of aromatic nitrogens is 1. The van der Waals surface area contributed by atoms with Crippen LogP contribution in [0.1, 0.15) is 50.7 Å². The highest BCUT2D eigenvalue weighted by Gasteiger charge is 2.39. The summed E-state index contributed by atoms with van der Waals surface area (Å²) in [6.45, 7) is 5.75. The van der Waals surface area contributed by atoms with Crippen molar-refractivity contribution in [2.75, 3.05) is 33.9 Å². The highest BCUT2D eigenvalue weighted by Crippen LogP contribution is 2.63. The van der Waals surface area contributed by atoms with Crippen molar-refractivity contribution in [3.05, 3.63) is 65.9 Å². The lowest BCUT2D eigenvalue weighted by atomic mass is 10.1. The first-order chi connectivity index (χ1) is 18.1. The van der Waals surface area contributed by atoms with Crippen LogP contribution in [0.15, 0.2) is 54.7 Å². The molecule has 9 nitrogen and oxygen atoms in total. The van der Waals surface area contributed by atoms with Gasteiger partial charge < -0.3 is 14.0 Å². The summed E-state index contributed by atoms with van der Waals surface area (Å²) in [6, 6.07) is 15.5. The lowest BCUT2D eigenvalue weighted by Gasteiger charge is -2.30. The molecule has 0 amide bonds. The molecule has 1 unspecified atom stereocenters. The molecule has 0 saturated carbocycles. The minimum atomic E-state index is -4.86. The normalized spacial score (nSPS) is 14.0. The average molecular weight is 568 g/mol. The summed E-state index contributed by atoms with van der Waals surface area (Å²) in [4.78, 5) is 13.8. The van der Waals surface area contributed by atoms with Gasteiger partial charge in [0.15, 0.2) is 0 Å². The van der Waals surface area contributed by atoms with Crippen molar-refractivity contribution in [1.82, 2.24) is 4.98 Å². The molecule has 0 aliphatic heterocycles. The maximum Gasteiger partial charge on any atom is 0.536 e. The third kappa shape index (κ3) is 9.35. The Morgan fingerprint density at radius 3 is 2.21 bits per heavy atom. The number of phosphoric acid groups is 2. The van der Waals surface area contributed by atoms with Crippen LogP contribution >= 0.6 is 15.6 Å². The Bertz CT molecular complexity index is 1230. The second kappa shape index (κ2) is 13.9. The molecule has 38 heavy (non-hydrogen) atoms. The van der Waals surface area contributed by atoms with Crippen molar-refractivity contribution < 1.29 is 36.4 Å². The van der Waals surface area contributed by atoms with Crippen molar-refractivity contribution in [3.8, 4) is 5.75 Å². The fourth-order valence-corrected chi connectivity index (χ4v) is 6.77. The number of nitrogens with one attached hydrogen (secondary N) is 1. The number of nitrogens with zero attached hydrogens (tertiary/aromatic N) is 1. The summed E-state index contributed by atoms with van der Waals surface area (Å²) in [6.07, 6.45) is 5.38. The maximum atomic E-state index is 13.1. The molecule has 0 fully saturated rings. The first kappa shape index (κ1) is 30.6. The lowest BCUT2D eigenvalue weighted by Crippen LogP contribution is -2.40. The topological polar surface area (TPSA) is 107 Å². The van der Waals surface area contributed by atoms with E-state index in [9.17, 15) is 14.0 Å². The number of quaternary nitrogens is 1. The van der Waals surface area contributed by atoms with Gasteiger partial charge in [-0.2, -0.15) is 4.31 Å². The minimum Gasteiger partial charge on any atom is -0.403 e. The van der Waals surface area contributed by atoms with Crippen LogP contribution in [-0.4, -0.2) is 48.2 Å². The van der Waals surface area contributed by atoms with E-state index < -0.39 is 15.6 Å². The van der Waals surface area contributed by atoms with E-state index in [-0.39, 0.29) is 19.0 Å². The number of likely N-dealkylation sites (N-methyl/N-ethyl adjacent to an activating group) is 1. The number of unbranched alkanes of at least 4 members (excludes halogenated alkanes) is 2. The number of rotatable bonds is 17. The van der Waals surface area contributed by atoms with Crippen LogP contribution < -0.4 is 4.52 Å². The standard InChI is InChI=1S/C27H40N2O7P2/c1-5-7-19-33-38(32,34-20-8-6-2)36-37(30,31)35-26-16-12-15-25-27(26)24(21-28-25)17-18-29(3,4)22-23-13-10-9-11-14-23/h9-16,21,28H,5-8,17-20,22H2,1-4H3/p+1. The highest BCUT2D eigenvalue weighted by atomic mass is 31.3. The molecule has 0 bridgehead atoms. The quantitative estimate of drug-likeness (QED) is 0.101. The molecule has 210 valence electrons. The van der Waals surface area contributed by atoms with Gasteiger partial charge in [-0.15, -0.1) is 0 Å². The predicted molar refractivity (Wildman–Crippen MR) is 150 cm³/mol. The van der Waals surface area contributed by atoms with E-state index >= 15 is 0 Å². The zero-order valence-electron chi connectivity index (χ0n) is 22.8. The van der Waals surface area contributed by atoms with E-state index in [4.69, 9.17) is 17.9 Å². The summed E-state index contributed by atoms with van der Waals surface area (Å²) in [7, 11) is -4.83. The molecule has 0 saturated heterocycles. The van der Waals surface area contributed by atoms with Crippen molar-refractivity contribution in [2.45, 2.75) is 52.5 Å². The zero-order chi connectivity index (χ0) is 27.7. The van der Waals surface area contributed by atoms with E-state index in [1.807, 2.05) is 44.3 Å². The molecule has 0 spiro atoms. The SMILES string of the molecule is CCCCOP(=O)(OCCCC)OP(=O)(O)Oc1cccc2[nH]cc(CC[N+](C)(C)Cc3ccccc3)c12. The number of aromatic amines is 1. The van der Waals surface area contributed by atoms with Crippen molar-refractivity contribution in [3.63, 3.8) is 0 Å². The van der Waals surface area contributed by atoms with Gasteiger partial charge in [-0.05, 0) is 30.5 Å². The second-order valence-electron chi connectivity index (χ2n) is 10.0. The van der Waals surface area contributed by atoms with E-state index in [0.717, 1.165) is 41.5 Å². The predicted octanol–water partition coefficient (Wildman–Crippen LogP) is 7.22. The molecule has 1 heterocycles. The molecule has 1 atom stereocenters. The molecule has 1 aromatic heterocycles. The molecule has 3 aromatic rings. The average Bonchev–Trinajstić information content (AvgIpc) is 3.27. The smallest absolute Gasteiger partial charge is 0.403 e. The maximum absolute atomic E-state index is 13.1. The number of H-pyrrole nitrogens is 1. The van der Waals surface area contributed by atoms with Gasteiger partial charge in [0.2, 0.25) is 0 Å². The fourth-order valence-electron chi connectivity index (χ4n) is 4.07. The molecule has 3 rings (SSSR count). The largest absolute Gasteiger partial charge is 0.536 e. The van der Waals surface area contributed by atoms with E-state index in [2.05, 4.69) is 31.2 Å². The first-order valence-electron chi connectivity index (χ1n) is 13.1. The van der Waals surface area contributed by atoms with Crippen molar-refractivity contribution in [1.29, 1.82) is 0 Å². The molecule has 0 aliphatic rings. The summed E-state index contributed by atoms with van der Waals surface area (Å²) < 4.78 is 48.1. The number of fused-ring (bicyclic) bond motifs is 1. The van der Waals surface area contributed by atoms with Gasteiger partial charge in [0, 0.05) is 29.1 Å². The van der Waals surface area contributed by atoms with E-state index in [1.165, 1.54) is 5.56 Å². The Labute approximate surface area is 225 Å². The molecule has 0 aliphatic carbocycles. The van der Waals surface area contributed by atoms with E-state index in [1.54, 1.807) is 12.1 Å². The fraction of sp³-hybridized carbons (Fsp3) is 0.481. The first-order valence-corrected chi connectivity index (χ1v) is 16.1. The van der Waals surface area contributed by atoms with Crippen LogP contribution in [-0.2, 0) is 35.5 Å². The third-order valence-corrected chi connectivity index (χ3v) is 9.15. The molecule has 2 aromatic carbocycles. The molecule has 0 radical (unpaired) electrons. The van der Waals surface area contributed by atoms with Gasteiger partial charge in [0.25, 0.3) is 0 Å². The van der Waals surface area contributed by atoms with Gasteiger partial charge in [-0.1, -0.05) is 63.1 Å². The third-order valence-electron chi connectivity index (χ3n) is 6.10. The van der Waals surface area contributed by atoms with Crippen LogP contribution in [0.25, 0.3) is 10.9 Å². The summed E-state index contributed by atoms with van der Waals surface area (Å²) in [5.41, 5.74) is 2.95. The van der Waals surface area contributed by atoms with Crippen LogP contribution in [0.3, 0.4) is 0 Å². The Morgan fingerprint density at radius 2 is 1.58 bits per heavy atom. The summed E-state index contributed by atoms with van der Waals surface area (Å²) in [5.74, 6) is 0.159. The number of hydrogen-bond donors (Lipinski definition) is 2. The van der Waals surface area contributed by atoms with Crippen LogP contribution in [0.5, 0.6) is 5.75 Å². The van der Waals surface area contributed by atoms with E-state index in [0.29, 0.717) is 24.6 Å². The monoisotopic (exact) mass is 567 g/mol. The number of benzene rings is 2.